The predicted octanol–water partition coefficient (Wildman–Crippen LogP) is 3.03. The minimum atomic E-state index is -0.340. The summed E-state index contributed by atoms with van der Waals surface area (Å²) < 4.78 is 13.6. The highest BCUT2D eigenvalue weighted by Crippen LogP contribution is 2.16. The largest absolute Gasteiger partial charge is 0.508 e. The monoisotopic (exact) mass is 287 g/mol. The lowest BCUT2D eigenvalue weighted by molar-refractivity contribution is -0.124. The molecule has 1 atom stereocenters. The number of para-hydroxylation sites is 1. The maximum atomic E-state index is 13.6. The number of hydrogen-bond donors (Lipinski definition) is 2. The van der Waals surface area contributed by atoms with Gasteiger partial charge in [0.2, 0.25) is 5.91 Å². The van der Waals surface area contributed by atoms with Crippen molar-refractivity contribution in [3.8, 4) is 5.75 Å². The van der Waals surface area contributed by atoms with Crippen molar-refractivity contribution in [3.63, 3.8) is 0 Å². The first kappa shape index (κ1) is 15.0. The Morgan fingerprint density at radius 3 is 2.43 bits per heavy atom. The number of benzene rings is 2. The van der Waals surface area contributed by atoms with E-state index in [0.29, 0.717) is 17.5 Å². The second-order valence-corrected chi connectivity index (χ2v) is 5.04. The van der Waals surface area contributed by atoms with Crippen LogP contribution in [0.25, 0.3) is 0 Å². The average molecular weight is 287 g/mol. The molecule has 2 aromatic rings. The van der Waals surface area contributed by atoms with Crippen molar-refractivity contribution in [1.29, 1.82) is 0 Å². The van der Waals surface area contributed by atoms with Crippen LogP contribution in [0.1, 0.15) is 18.1 Å². The van der Waals surface area contributed by atoms with Gasteiger partial charge in [0.25, 0.3) is 0 Å². The zero-order chi connectivity index (χ0) is 15.2. The van der Waals surface area contributed by atoms with Gasteiger partial charge in [0.05, 0.1) is 0 Å². The van der Waals surface area contributed by atoms with Crippen molar-refractivity contribution in [3.05, 3.63) is 65.5 Å². The van der Waals surface area contributed by atoms with Gasteiger partial charge in [-0.15, -0.1) is 0 Å². The van der Waals surface area contributed by atoms with E-state index in [2.05, 4.69) is 5.32 Å². The number of rotatable bonds is 5. The fraction of sp³-hybridized carbons (Fsp3) is 0.235. The molecule has 0 fully saturated rings. The van der Waals surface area contributed by atoms with Gasteiger partial charge in [-0.05, 0) is 24.1 Å². The number of nitrogens with one attached hydrogen (secondary N) is 1. The van der Waals surface area contributed by atoms with Gasteiger partial charge in [-0.1, -0.05) is 43.3 Å². The number of phenolic OH excluding ortho intramolecular Hbond substituents is 1. The molecule has 0 aromatic heterocycles. The van der Waals surface area contributed by atoms with Gasteiger partial charge in [0.15, 0.2) is 0 Å². The van der Waals surface area contributed by atoms with E-state index in [1.807, 2.05) is 0 Å². The molecular formula is C17H18FNO2. The highest BCUT2D eigenvalue weighted by atomic mass is 19.1. The normalized spacial score (nSPS) is 11.9. The van der Waals surface area contributed by atoms with Crippen molar-refractivity contribution < 1.29 is 14.3 Å². The maximum Gasteiger partial charge on any atom is 0.223 e. The Bertz CT molecular complexity index is 628. The first-order valence-electron chi connectivity index (χ1n) is 6.86. The third-order valence-corrected chi connectivity index (χ3v) is 3.38. The van der Waals surface area contributed by atoms with E-state index in [0.717, 1.165) is 0 Å². The van der Waals surface area contributed by atoms with Crippen LogP contribution in [-0.4, -0.2) is 11.0 Å². The molecule has 2 N–H and O–H groups in total. The first-order valence-corrected chi connectivity index (χ1v) is 6.86. The Labute approximate surface area is 123 Å². The van der Waals surface area contributed by atoms with Crippen molar-refractivity contribution in [2.45, 2.75) is 19.9 Å². The topological polar surface area (TPSA) is 49.3 Å². The highest BCUT2D eigenvalue weighted by molar-refractivity contribution is 5.78. The van der Waals surface area contributed by atoms with E-state index >= 15 is 0 Å². The first-order chi connectivity index (χ1) is 10.1. The summed E-state index contributed by atoms with van der Waals surface area (Å²) in [5, 5.41) is 12.4. The molecule has 2 aromatic carbocycles. The molecule has 0 aliphatic heterocycles. The molecule has 110 valence electrons. The van der Waals surface area contributed by atoms with Crippen molar-refractivity contribution in [2.24, 2.45) is 5.92 Å². The standard InChI is InChI=1S/C17H18FNO2/c1-12(10-13-6-2-4-8-15(13)18)17(21)19-11-14-7-3-5-9-16(14)20/h2-9,12,20H,10-11H2,1H3,(H,19,21). The summed E-state index contributed by atoms with van der Waals surface area (Å²) in [4.78, 5) is 12.0. The van der Waals surface area contributed by atoms with Crippen LogP contribution >= 0.6 is 0 Å². The lowest BCUT2D eigenvalue weighted by Crippen LogP contribution is -2.30. The van der Waals surface area contributed by atoms with Gasteiger partial charge in [-0.3, -0.25) is 4.79 Å². The Morgan fingerprint density at radius 2 is 1.76 bits per heavy atom. The van der Waals surface area contributed by atoms with Crippen LogP contribution in [0.3, 0.4) is 0 Å². The number of halogens is 1. The number of phenols is 1. The van der Waals surface area contributed by atoms with Crippen LogP contribution in [0.2, 0.25) is 0 Å². The second-order valence-electron chi connectivity index (χ2n) is 5.04. The van der Waals surface area contributed by atoms with Crippen molar-refractivity contribution in [1.82, 2.24) is 5.32 Å². The quantitative estimate of drug-likeness (QED) is 0.888. The Morgan fingerprint density at radius 1 is 1.14 bits per heavy atom. The molecule has 0 saturated heterocycles. The molecule has 0 aliphatic carbocycles. The van der Waals surface area contributed by atoms with Crippen LogP contribution in [0.4, 0.5) is 4.39 Å². The van der Waals surface area contributed by atoms with Gasteiger partial charge >= 0.3 is 0 Å². The lowest BCUT2D eigenvalue weighted by atomic mass is 10.00. The Kier molecular flexibility index (Phi) is 4.93. The zero-order valence-corrected chi connectivity index (χ0v) is 11.8. The number of amides is 1. The minimum Gasteiger partial charge on any atom is -0.508 e. The van der Waals surface area contributed by atoms with Crippen LogP contribution in [-0.2, 0) is 17.8 Å². The summed E-state index contributed by atoms with van der Waals surface area (Å²) in [6, 6.07) is 13.3. The molecule has 1 amide bonds. The molecule has 2 rings (SSSR count). The third-order valence-electron chi connectivity index (χ3n) is 3.38. The van der Waals surface area contributed by atoms with Crippen LogP contribution in [0, 0.1) is 11.7 Å². The molecule has 0 bridgehead atoms. The third kappa shape index (κ3) is 4.05. The maximum absolute atomic E-state index is 13.6. The van der Waals surface area contributed by atoms with E-state index < -0.39 is 0 Å². The lowest BCUT2D eigenvalue weighted by Gasteiger charge is -2.13. The fourth-order valence-corrected chi connectivity index (χ4v) is 2.10. The number of hydrogen-bond acceptors (Lipinski definition) is 2. The molecule has 3 nitrogen and oxygen atoms in total. The molecular weight excluding hydrogens is 269 g/mol. The molecule has 0 aliphatic rings. The molecule has 21 heavy (non-hydrogen) atoms. The summed E-state index contributed by atoms with van der Waals surface area (Å²) in [5.41, 5.74) is 1.19. The van der Waals surface area contributed by atoms with Crippen LogP contribution in [0.15, 0.2) is 48.5 Å². The van der Waals surface area contributed by atoms with E-state index in [-0.39, 0.29) is 29.9 Å². The summed E-state index contributed by atoms with van der Waals surface area (Å²) >= 11 is 0. The SMILES string of the molecule is CC(Cc1ccccc1F)C(=O)NCc1ccccc1O. The van der Waals surface area contributed by atoms with Crippen LogP contribution < -0.4 is 5.32 Å². The van der Waals surface area contributed by atoms with Gasteiger partial charge < -0.3 is 10.4 Å². The van der Waals surface area contributed by atoms with Gasteiger partial charge in [0, 0.05) is 18.0 Å². The number of aromatic hydroxyl groups is 1. The van der Waals surface area contributed by atoms with Gasteiger partial charge in [-0.2, -0.15) is 0 Å². The molecule has 4 heteroatoms. The predicted molar refractivity (Wildman–Crippen MR) is 79.2 cm³/mol. The number of carbonyl (C=O) groups excluding carboxylic acids is 1. The molecule has 0 spiro atoms. The summed E-state index contributed by atoms with van der Waals surface area (Å²) in [6.07, 6.45) is 0.347. The van der Waals surface area contributed by atoms with E-state index in [9.17, 15) is 14.3 Å². The Hall–Kier alpha value is -2.36. The summed E-state index contributed by atoms with van der Waals surface area (Å²) in [5.74, 6) is -0.647. The summed E-state index contributed by atoms with van der Waals surface area (Å²) in [6.45, 7) is 2.01. The van der Waals surface area contributed by atoms with Crippen molar-refractivity contribution in [2.75, 3.05) is 0 Å². The highest BCUT2D eigenvalue weighted by Gasteiger charge is 2.15. The van der Waals surface area contributed by atoms with E-state index in [1.54, 1.807) is 49.4 Å². The smallest absolute Gasteiger partial charge is 0.223 e. The van der Waals surface area contributed by atoms with E-state index in [1.165, 1.54) is 6.07 Å². The van der Waals surface area contributed by atoms with Gasteiger partial charge in [-0.25, -0.2) is 4.39 Å². The zero-order valence-electron chi connectivity index (χ0n) is 11.8. The Balaban J connectivity index is 1.91. The molecule has 1 unspecified atom stereocenters. The van der Waals surface area contributed by atoms with E-state index in [4.69, 9.17) is 0 Å². The van der Waals surface area contributed by atoms with Crippen molar-refractivity contribution >= 4 is 5.91 Å². The molecule has 0 radical (unpaired) electrons. The number of carbonyl (C=O) groups is 1. The van der Waals surface area contributed by atoms with Gasteiger partial charge in [0.1, 0.15) is 11.6 Å². The molecule has 0 saturated carbocycles. The summed E-state index contributed by atoms with van der Waals surface area (Å²) in [7, 11) is 0. The molecule has 0 heterocycles. The second kappa shape index (κ2) is 6.88. The minimum absolute atomic E-state index is 0.152. The average Bonchev–Trinajstić information content (AvgIpc) is 2.48. The fourth-order valence-electron chi connectivity index (χ4n) is 2.10. The van der Waals surface area contributed by atoms with Crippen LogP contribution in [0.5, 0.6) is 5.75 Å².